The molecule has 0 aliphatic carbocycles. The molecule has 0 bridgehead atoms. The third kappa shape index (κ3) is 3.38. The van der Waals surface area contributed by atoms with Crippen LogP contribution in [0.2, 0.25) is 0 Å². The fourth-order valence-electron chi connectivity index (χ4n) is 1.96. The maximum absolute atomic E-state index is 12.7. The van der Waals surface area contributed by atoms with Crippen LogP contribution >= 0.6 is 0 Å². The fraction of sp³-hybridized carbons (Fsp3) is 0.357. The Morgan fingerprint density at radius 3 is 2.84 bits per heavy atom. The summed E-state index contributed by atoms with van der Waals surface area (Å²) < 4.78 is 26.2. The van der Waals surface area contributed by atoms with Gasteiger partial charge in [-0.25, -0.2) is 4.98 Å². The number of hydrogen-bond donors (Lipinski definition) is 1. The largest absolute Gasteiger partial charge is 0.319 e. The van der Waals surface area contributed by atoms with Crippen molar-refractivity contribution in [2.24, 2.45) is 0 Å². The first-order valence-electron chi connectivity index (χ1n) is 6.17. The van der Waals surface area contributed by atoms with Gasteiger partial charge >= 0.3 is 6.55 Å². The lowest BCUT2D eigenvalue weighted by Gasteiger charge is -2.15. The standard InChI is InChI=1S/C14H17F2N3/c1-10-4-3-5-12(8-10)11(2)18-9-13-17-6-7-19(13)14(15)16/h3-8,11,14,18H,9H2,1-2H3/t11-/m1/s1. The van der Waals surface area contributed by atoms with E-state index in [1.165, 1.54) is 18.0 Å². The average Bonchev–Trinajstić information content (AvgIpc) is 2.84. The van der Waals surface area contributed by atoms with Gasteiger partial charge in [0.25, 0.3) is 0 Å². The molecule has 1 aromatic carbocycles. The van der Waals surface area contributed by atoms with Crippen molar-refractivity contribution in [3.05, 3.63) is 53.6 Å². The molecule has 0 radical (unpaired) electrons. The Kier molecular flexibility index (Phi) is 4.27. The van der Waals surface area contributed by atoms with Crippen molar-refractivity contribution in [1.82, 2.24) is 14.9 Å². The van der Waals surface area contributed by atoms with Crippen LogP contribution in [-0.2, 0) is 6.54 Å². The smallest absolute Gasteiger partial charge is 0.303 e. The van der Waals surface area contributed by atoms with Crippen molar-refractivity contribution in [3.8, 4) is 0 Å². The van der Waals surface area contributed by atoms with Crippen LogP contribution in [0.1, 0.15) is 36.5 Å². The van der Waals surface area contributed by atoms with Crippen LogP contribution in [0.5, 0.6) is 0 Å². The quantitative estimate of drug-likeness (QED) is 0.897. The summed E-state index contributed by atoms with van der Waals surface area (Å²) in [6.45, 7) is 1.80. The summed E-state index contributed by atoms with van der Waals surface area (Å²) in [5, 5.41) is 3.21. The van der Waals surface area contributed by atoms with Gasteiger partial charge in [-0.05, 0) is 19.4 Å². The molecule has 0 fully saturated rings. The maximum Gasteiger partial charge on any atom is 0.319 e. The Balaban J connectivity index is 2.00. The molecule has 2 rings (SSSR count). The van der Waals surface area contributed by atoms with E-state index in [1.54, 1.807) is 0 Å². The number of benzene rings is 1. The molecule has 0 aliphatic rings. The van der Waals surface area contributed by atoms with Gasteiger partial charge in [0.2, 0.25) is 0 Å². The molecule has 2 aromatic rings. The number of imidazole rings is 1. The summed E-state index contributed by atoms with van der Waals surface area (Å²) in [6.07, 6.45) is 2.68. The minimum absolute atomic E-state index is 0.0859. The summed E-state index contributed by atoms with van der Waals surface area (Å²) >= 11 is 0. The van der Waals surface area contributed by atoms with Gasteiger partial charge in [0.05, 0.1) is 6.54 Å². The number of halogens is 2. The number of alkyl halides is 2. The first kappa shape index (κ1) is 13.7. The Morgan fingerprint density at radius 1 is 1.37 bits per heavy atom. The second-order valence-electron chi connectivity index (χ2n) is 4.55. The monoisotopic (exact) mass is 265 g/mol. The van der Waals surface area contributed by atoms with E-state index in [0.29, 0.717) is 12.4 Å². The van der Waals surface area contributed by atoms with Crippen molar-refractivity contribution in [1.29, 1.82) is 0 Å². The molecule has 1 atom stereocenters. The van der Waals surface area contributed by atoms with Gasteiger partial charge in [-0.2, -0.15) is 8.78 Å². The Hall–Kier alpha value is -1.75. The predicted octanol–water partition coefficient (Wildman–Crippen LogP) is 3.44. The number of aryl methyl sites for hydroxylation is 1. The Bertz CT molecular complexity index is 537. The highest BCUT2D eigenvalue weighted by molar-refractivity contribution is 5.24. The van der Waals surface area contributed by atoms with Crippen molar-refractivity contribution in [3.63, 3.8) is 0 Å². The van der Waals surface area contributed by atoms with Crippen molar-refractivity contribution in [2.75, 3.05) is 0 Å². The Morgan fingerprint density at radius 2 is 2.16 bits per heavy atom. The number of hydrogen-bond acceptors (Lipinski definition) is 2. The van der Waals surface area contributed by atoms with E-state index >= 15 is 0 Å². The summed E-state index contributed by atoms with van der Waals surface area (Å²) in [6, 6.07) is 8.20. The SMILES string of the molecule is Cc1cccc([C@@H](C)NCc2nccn2C(F)F)c1. The van der Waals surface area contributed by atoms with E-state index in [-0.39, 0.29) is 6.04 Å². The highest BCUT2D eigenvalue weighted by atomic mass is 19.3. The summed E-state index contributed by atoms with van der Waals surface area (Å²) in [5.74, 6) is 0.342. The number of rotatable bonds is 5. The van der Waals surface area contributed by atoms with E-state index in [9.17, 15) is 8.78 Å². The second-order valence-corrected chi connectivity index (χ2v) is 4.55. The number of nitrogens with one attached hydrogen (secondary N) is 1. The van der Waals surface area contributed by atoms with Gasteiger partial charge in [0.15, 0.2) is 0 Å². The van der Waals surface area contributed by atoms with Crippen molar-refractivity contribution >= 4 is 0 Å². The van der Waals surface area contributed by atoms with Gasteiger partial charge < -0.3 is 5.32 Å². The zero-order valence-electron chi connectivity index (χ0n) is 11.0. The van der Waals surface area contributed by atoms with E-state index in [0.717, 1.165) is 10.1 Å². The fourth-order valence-corrected chi connectivity index (χ4v) is 1.96. The highest BCUT2D eigenvalue weighted by Crippen LogP contribution is 2.16. The van der Waals surface area contributed by atoms with Crippen LogP contribution in [0.4, 0.5) is 8.78 Å². The normalized spacial score (nSPS) is 12.9. The summed E-state index contributed by atoms with van der Waals surface area (Å²) in [4.78, 5) is 3.94. The molecule has 1 aromatic heterocycles. The maximum atomic E-state index is 12.7. The lowest BCUT2D eigenvalue weighted by atomic mass is 10.1. The van der Waals surface area contributed by atoms with Crippen LogP contribution in [0, 0.1) is 6.92 Å². The average molecular weight is 265 g/mol. The molecule has 0 saturated heterocycles. The van der Waals surface area contributed by atoms with Crippen LogP contribution < -0.4 is 5.32 Å². The molecule has 1 N–H and O–H groups in total. The molecule has 0 aliphatic heterocycles. The zero-order chi connectivity index (χ0) is 13.8. The van der Waals surface area contributed by atoms with Crippen LogP contribution in [0.3, 0.4) is 0 Å². The van der Waals surface area contributed by atoms with E-state index in [2.05, 4.69) is 16.4 Å². The first-order chi connectivity index (χ1) is 9.08. The molecule has 0 saturated carbocycles. The third-order valence-electron chi connectivity index (χ3n) is 3.07. The van der Waals surface area contributed by atoms with Crippen LogP contribution in [0.15, 0.2) is 36.7 Å². The summed E-state index contributed by atoms with van der Waals surface area (Å²) in [5.41, 5.74) is 2.32. The molecular weight excluding hydrogens is 248 g/mol. The van der Waals surface area contributed by atoms with Crippen molar-refractivity contribution in [2.45, 2.75) is 33.0 Å². The van der Waals surface area contributed by atoms with Crippen LogP contribution in [0.25, 0.3) is 0 Å². The zero-order valence-corrected chi connectivity index (χ0v) is 11.0. The molecule has 3 nitrogen and oxygen atoms in total. The Labute approximate surface area is 111 Å². The minimum Gasteiger partial charge on any atom is -0.303 e. The predicted molar refractivity (Wildman–Crippen MR) is 69.9 cm³/mol. The molecule has 0 spiro atoms. The molecule has 1 heterocycles. The van der Waals surface area contributed by atoms with Gasteiger partial charge in [-0.3, -0.25) is 4.57 Å². The number of aromatic nitrogens is 2. The molecule has 0 unspecified atom stereocenters. The molecule has 19 heavy (non-hydrogen) atoms. The highest BCUT2D eigenvalue weighted by Gasteiger charge is 2.12. The van der Waals surface area contributed by atoms with E-state index in [4.69, 9.17) is 0 Å². The molecule has 102 valence electrons. The lowest BCUT2D eigenvalue weighted by Crippen LogP contribution is -2.21. The van der Waals surface area contributed by atoms with Crippen molar-refractivity contribution < 1.29 is 8.78 Å². The minimum atomic E-state index is -2.55. The van der Waals surface area contributed by atoms with Gasteiger partial charge in [-0.15, -0.1) is 0 Å². The molecular formula is C14H17F2N3. The van der Waals surface area contributed by atoms with Gasteiger partial charge in [0, 0.05) is 18.4 Å². The van der Waals surface area contributed by atoms with Gasteiger partial charge in [-0.1, -0.05) is 29.8 Å². The number of nitrogens with zero attached hydrogens (tertiary/aromatic N) is 2. The van der Waals surface area contributed by atoms with E-state index in [1.807, 2.05) is 32.0 Å². The van der Waals surface area contributed by atoms with Gasteiger partial charge in [0.1, 0.15) is 5.82 Å². The molecule has 5 heteroatoms. The first-order valence-corrected chi connectivity index (χ1v) is 6.17. The molecule has 0 amide bonds. The topological polar surface area (TPSA) is 29.9 Å². The second kappa shape index (κ2) is 5.93. The van der Waals surface area contributed by atoms with Crippen LogP contribution in [-0.4, -0.2) is 9.55 Å². The lowest BCUT2D eigenvalue weighted by molar-refractivity contribution is 0.0665. The third-order valence-corrected chi connectivity index (χ3v) is 3.07. The summed E-state index contributed by atoms with van der Waals surface area (Å²) in [7, 11) is 0. The van der Waals surface area contributed by atoms with E-state index < -0.39 is 6.55 Å².